The van der Waals surface area contributed by atoms with Crippen LogP contribution in [0.15, 0.2) is 52.0 Å². The fourth-order valence-corrected chi connectivity index (χ4v) is 3.59. The maximum absolute atomic E-state index is 12.3. The number of H-pyrrole nitrogens is 1. The molecule has 2 N–H and O–H groups in total. The summed E-state index contributed by atoms with van der Waals surface area (Å²) in [6, 6.07) is 9.58. The lowest BCUT2D eigenvalue weighted by Crippen LogP contribution is -2.12. The molecular weight excluding hydrogens is 378 g/mol. The molecule has 2 aromatic carbocycles. The third kappa shape index (κ3) is 2.90. The molecule has 0 bridgehead atoms. The van der Waals surface area contributed by atoms with Gasteiger partial charge >= 0.3 is 0 Å². The van der Waals surface area contributed by atoms with Gasteiger partial charge in [0.15, 0.2) is 0 Å². The molecule has 108 valence electrons. The molecule has 0 aliphatic heterocycles. The molecule has 0 saturated heterocycles. The first-order chi connectivity index (χ1) is 9.95. The molecule has 21 heavy (non-hydrogen) atoms. The van der Waals surface area contributed by atoms with Crippen LogP contribution >= 0.6 is 27.5 Å². The minimum Gasteiger partial charge on any atom is -0.280 e. The van der Waals surface area contributed by atoms with Gasteiger partial charge in [0, 0.05) is 15.5 Å². The van der Waals surface area contributed by atoms with Gasteiger partial charge in [-0.1, -0.05) is 11.6 Å². The van der Waals surface area contributed by atoms with Crippen LogP contribution in [0.2, 0.25) is 5.02 Å². The first-order valence-electron chi connectivity index (χ1n) is 5.87. The molecule has 5 nitrogen and oxygen atoms in total. The van der Waals surface area contributed by atoms with E-state index in [1.54, 1.807) is 24.4 Å². The summed E-state index contributed by atoms with van der Waals surface area (Å²) in [5, 5.41) is 7.98. The topological polar surface area (TPSA) is 74.8 Å². The Morgan fingerprint density at radius 1 is 1.19 bits per heavy atom. The zero-order valence-corrected chi connectivity index (χ0v) is 13.6. The summed E-state index contributed by atoms with van der Waals surface area (Å²) >= 11 is 9.09. The van der Waals surface area contributed by atoms with Crippen LogP contribution in [-0.2, 0) is 10.0 Å². The fraction of sp³-hybridized carbons (Fsp3) is 0. The van der Waals surface area contributed by atoms with Crippen LogP contribution in [0.25, 0.3) is 10.9 Å². The monoisotopic (exact) mass is 385 g/mol. The van der Waals surface area contributed by atoms with E-state index in [2.05, 4.69) is 30.8 Å². The Morgan fingerprint density at radius 2 is 2.00 bits per heavy atom. The Balaban J connectivity index is 1.96. The van der Waals surface area contributed by atoms with Crippen molar-refractivity contribution in [3.05, 3.63) is 52.1 Å². The van der Waals surface area contributed by atoms with Crippen molar-refractivity contribution in [1.29, 1.82) is 0 Å². The number of nitrogens with zero attached hydrogens (tertiary/aromatic N) is 1. The molecule has 0 fully saturated rings. The van der Waals surface area contributed by atoms with Gasteiger partial charge in [-0.25, -0.2) is 8.42 Å². The van der Waals surface area contributed by atoms with E-state index in [1.807, 2.05) is 0 Å². The number of aromatic amines is 1. The van der Waals surface area contributed by atoms with Crippen molar-refractivity contribution in [2.75, 3.05) is 4.72 Å². The van der Waals surface area contributed by atoms with Gasteiger partial charge in [-0.3, -0.25) is 9.82 Å². The van der Waals surface area contributed by atoms with Crippen LogP contribution in [0.3, 0.4) is 0 Å². The normalized spacial score (nSPS) is 11.7. The predicted octanol–water partition coefficient (Wildman–Crippen LogP) is 3.78. The van der Waals surface area contributed by atoms with Crippen molar-refractivity contribution in [1.82, 2.24) is 10.2 Å². The number of halogens is 2. The van der Waals surface area contributed by atoms with Gasteiger partial charge in [0.05, 0.1) is 21.6 Å². The number of hydrogen-bond donors (Lipinski definition) is 2. The second-order valence-electron chi connectivity index (χ2n) is 4.35. The average molecular weight is 387 g/mol. The van der Waals surface area contributed by atoms with E-state index in [-0.39, 0.29) is 4.90 Å². The van der Waals surface area contributed by atoms with E-state index in [1.165, 1.54) is 18.2 Å². The van der Waals surface area contributed by atoms with Gasteiger partial charge in [0.1, 0.15) is 0 Å². The molecule has 3 aromatic rings. The quantitative estimate of drug-likeness (QED) is 0.719. The van der Waals surface area contributed by atoms with E-state index in [0.717, 1.165) is 10.9 Å². The third-order valence-electron chi connectivity index (χ3n) is 2.89. The smallest absolute Gasteiger partial charge is 0.261 e. The average Bonchev–Trinajstić information content (AvgIpc) is 2.88. The number of benzene rings is 2. The van der Waals surface area contributed by atoms with E-state index in [0.29, 0.717) is 15.2 Å². The number of aromatic nitrogens is 2. The number of hydrogen-bond acceptors (Lipinski definition) is 3. The summed E-state index contributed by atoms with van der Waals surface area (Å²) in [5.74, 6) is 0. The highest BCUT2D eigenvalue weighted by atomic mass is 79.9. The standard InChI is InChI=1S/C13H9BrClN3O2S/c14-11-6-10(2-3-12(11)15)21(19,20)18-9-1-4-13-8(5-9)7-16-17-13/h1-7,18H,(H,16,17). The molecule has 0 radical (unpaired) electrons. The van der Waals surface area contributed by atoms with Crippen molar-refractivity contribution in [3.63, 3.8) is 0 Å². The number of sulfonamides is 1. The van der Waals surface area contributed by atoms with E-state index in [9.17, 15) is 8.42 Å². The molecule has 0 amide bonds. The van der Waals surface area contributed by atoms with Gasteiger partial charge in [-0.15, -0.1) is 0 Å². The second-order valence-corrected chi connectivity index (χ2v) is 7.30. The Morgan fingerprint density at radius 3 is 2.76 bits per heavy atom. The molecule has 0 aliphatic carbocycles. The molecule has 8 heteroatoms. The van der Waals surface area contributed by atoms with Crippen LogP contribution < -0.4 is 4.72 Å². The Kier molecular flexibility index (Phi) is 3.64. The van der Waals surface area contributed by atoms with Crippen LogP contribution in [0.1, 0.15) is 0 Å². The van der Waals surface area contributed by atoms with Crippen molar-refractivity contribution in [2.24, 2.45) is 0 Å². The van der Waals surface area contributed by atoms with Crippen LogP contribution in [-0.4, -0.2) is 18.6 Å². The Labute approximate surface area is 134 Å². The van der Waals surface area contributed by atoms with Gasteiger partial charge in [0.2, 0.25) is 0 Å². The van der Waals surface area contributed by atoms with Gasteiger partial charge in [0.25, 0.3) is 10.0 Å². The van der Waals surface area contributed by atoms with E-state index in [4.69, 9.17) is 11.6 Å². The number of anilines is 1. The third-order valence-corrected chi connectivity index (χ3v) is 5.49. The SMILES string of the molecule is O=S(=O)(Nc1ccc2[nH]ncc2c1)c1ccc(Cl)c(Br)c1. The molecule has 0 spiro atoms. The van der Waals surface area contributed by atoms with Crippen molar-refractivity contribution >= 4 is 54.1 Å². The molecule has 1 aromatic heterocycles. The van der Waals surface area contributed by atoms with Gasteiger partial charge < -0.3 is 0 Å². The summed E-state index contributed by atoms with van der Waals surface area (Å²) in [4.78, 5) is 0.131. The van der Waals surface area contributed by atoms with Gasteiger partial charge in [-0.2, -0.15) is 5.10 Å². The summed E-state index contributed by atoms with van der Waals surface area (Å²) in [7, 11) is -3.67. The summed E-state index contributed by atoms with van der Waals surface area (Å²) in [6.07, 6.45) is 1.63. The minimum absolute atomic E-state index is 0.131. The summed E-state index contributed by atoms with van der Waals surface area (Å²) in [5.41, 5.74) is 1.31. The van der Waals surface area contributed by atoms with Crippen LogP contribution in [0.5, 0.6) is 0 Å². The molecule has 0 atom stereocenters. The lowest BCUT2D eigenvalue weighted by Gasteiger charge is -2.09. The highest BCUT2D eigenvalue weighted by Crippen LogP contribution is 2.27. The molecule has 3 rings (SSSR count). The van der Waals surface area contributed by atoms with E-state index < -0.39 is 10.0 Å². The van der Waals surface area contributed by atoms with Crippen molar-refractivity contribution in [3.8, 4) is 0 Å². The zero-order chi connectivity index (χ0) is 15.0. The fourth-order valence-electron chi connectivity index (χ4n) is 1.86. The minimum atomic E-state index is -3.67. The maximum atomic E-state index is 12.3. The lowest BCUT2D eigenvalue weighted by molar-refractivity contribution is 0.601. The van der Waals surface area contributed by atoms with E-state index >= 15 is 0 Å². The van der Waals surface area contributed by atoms with Crippen LogP contribution in [0, 0.1) is 0 Å². The highest BCUT2D eigenvalue weighted by Gasteiger charge is 2.15. The van der Waals surface area contributed by atoms with Crippen LogP contribution in [0.4, 0.5) is 5.69 Å². The molecule has 0 unspecified atom stereocenters. The van der Waals surface area contributed by atoms with Gasteiger partial charge in [-0.05, 0) is 52.3 Å². The predicted molar refractivity (Wildman–Crippen MR) is 86.1 cm³/mol. The number of nitrogens with one attached hydrogen (secondary N) is 2. The maximum Gasteiger partial charge on any atom is 0.261 e. The molecule has 1 heterocycles. The van der Waals surface area contributed by atoms with Crippen molar-refractivity contribution < 1.29 is 8.42 Å². The zero-order valence-electron chi connectivity index (χ0n) is 10.5. The molecule has 0 saturated carbocycles. The number of rotatable bonds is 3. The highest BCUT2D eigenvalue weighted by molar-refractivity contribution is 9.10. The van der Waals surface area contributed by atoms with Crippen molar-refractivity contribution in [2.45, 2.75) is 4.90 Å². The summed E-state index contributed by atoms with van der Waals surface area (Å²) in [6.45, 7) is 0. The molecular formula is C13H9BrClN3O2S. The second kappa shape index (κ2) is 5.32. The lowest BCUT2D eigenvalue weighted by atomic mass is 10.2. The molecule has 0 aliphatic rings. The Hall–Kier alpha value is -1.57. The Bertz CT molecular complexity index is 924. The number of fused-ring (bicyclic) bond motifs is 1. The first-order valence-corrected chi connectivity index (χ1v) is 8.52. The largest absolute Gasteiger partial charge is 0.280 e. The first kappa shape index (κ1) is 14.4. The summed E-state index contributed by atoms with van der Waals surface area (Å²) < 4.78 is 27.7.